The third-order valence-corrected chi connectivity index (χ3v) is 2.85. The van der Waals surface area contributed by atoms with E-state index >= 15 is 0 Å². The summed E-state index contributed by atoms with van der Waals surface area (Å²) in [5.41, 5.74) is 0.904. The molecule has 0 fully saturated rings. The zero-order chi connectivity index (χ0) is 13.1. The van der Waals surface area contributed by atoms with Gasteiger partial charge in [0, 0.05) is 6.07 Å². The molecule has 0 aliphatic carbocycles. The van der Waals surface area contributed by atoms with Gasteiger partial charge in [0.25, 0.3) is 5.91 Å². The van der Waals surface area contributed by atoms with Crippen LogP contribution in [0.4, 0.5) is 5.69 Å². The van der Waals surface area contributed by atoms with Crippen LogP contribution in [0.2, 0.25) is 0 Å². The highest BCUT2D eigenvalue weighted by molar-refractivity contribution is 5.82. The van der Waals surface area contributed by atoms with E-state index in [1.807, 2.05) is 24.3 Å². The van der Waals surface area contributed by atoms with Gasteiger partial charge in [0.15, 0.2) is 11.9 Å². The maximum Gasteiger partial charge on any atom is 0.263 e. The van der Waals surface area contributed by atoms with Crippen molar-refractivity contribution < 1.29 is 14.1 Å². The maximum absolute atomic E-state index is 12.0. The van der Waals surface area contributed by atoms with Gasteiger partial charge < -0.3 is 19.9 Å². The molecule has 2 N–H and O–H groups in total. The number of anilines is 1. The molecule has 1 aromatic heterocycles. The molecule has 0 saturated heterocycles. The van der Waals surface area contributed by atoms with Gasteiger partial charge in [-0.3, -0.25) is 4.79 Å². The van der Waals surface area contributed by atoms with Crippen molar-refractivity contribution in [2.45, 2.75) is 12.6 Å². The first kappa shape index (κ1) is 11.6. The molecule has 6 heteroatoms. The molecular formula is C13H13N3O3. The number of nitrogens with one attached hydrogen (secondary N) is 2. The summed E-state index contributed by atoms with van der Waals surface area (Å²) in [5, 5.41) is 9.49. The van der Waals surface area contributed by atoms with Crippen LogP contribution in [0.5, 0.6) is 5.75 Å². The maximum atomic E-state index is 12.0. The number of hydrogen-bond donors (Lipinski definition) is 2. The summed E-state index contributed by atoms with van der Waals surface area (Å²) in [7, 11) is 0. The molecule has 1 aliphatic heterocycles. The number of aromatic nitrogens is 1. The van der Waals surface area contributed by atoms with E-state index in [0.29, 0.717) is 24.6 Å². The summed E-state index contributed by atoms with van der Waals surface area (Å²) >= 11 is 0. The van der Waals surface area contributed by atoms with Crippen molar-refractivity contribution in [1.29, 1.82) is 0 Å². The highest BCUT2D eigenvalue weighted by atomic mass is 16.5. The topological polar surface area (TPSA) is 76.4 Å². The second kappa shape index (κ2) is 5.01. The van der Waals surface area contributed by atoms with Gasteiger partial charge in [-0.25, -0.2) is 0 Å². The molecule has 0 bridgehead atoms. The van der Waals surface area contributed by atoms with Crippen molar-refractivity contribution >= 4 is 11.6 Å². The summed E-state index contributed by atoms with van der Waals surface area (Å²) in [6.07, 6.45) is 0.994. The van der Waals surface area contributed by atoms with E-state index in [1.54, 1.807) is 6.07 Å². The number of carbonyl (C=O) groups excluding carboxylic acids is 1. The number of carbonyl (C=O) groups is 1. The predicted molar refractivity (Wildman–Crippen MR) is 67.7 cm³/mol. The fraction of sp³-hybridized carbons (Fsp3) is 0.231. The Hall–Kier alpha value is -2.50. The molecule has 19 heavy (non-hydrogen) atoms. The van der Waals surface area contributed by atoms with E-state index in [-0.39, 0.29) is 5.91 Å². The SMILES string of the molecule is O=C(NCc1ccno1)C1CNc2ccccc2O1. The molecule has 6 nitrogen and oxygen atoms in total. The van der Waals surface area contributed by atoms with Crippen LogP contribution in [0, 0.1) is 0 Å². The molecule has 3 rings (SSSR count). The van der Waals surface area contributed by atoms with Crippen LogP contribution in [0.15, 0.2) is 41.1 Å². The van der Waals surface area contributed by atoms with Gasteiger partial charge in [-0.2, -0.15) is 0 Å². The number of fused-ring (bicyclic) bond motifs is 1. The second-order valence-electron chi connectivity index (χ2n) is 4.18. The van der Waals surface area contributed by atoms with Gasteiger partial charge in [0.1, 0.15) is 5.75 Å². The van der Waals surface area contributed by atoms with E-state index in [0.717, 1.165) is 5.69 Å². The third-order valence-electron chi connectivity index (χ3n) is 2.85. The number of nitrogens with zero attached hydrogens (tertiary/aromatic N) is 1. The Bertz CT molecular complexity index is 568. The lowest BCUT2D eigenvalue weighted by atomic mass is 10.2. The van der Waals surface area contributed by atoms with Gasteiger partial charge in [-0.15, -0.1) is 0 Å². The fourth-order valence-electron chi connectivity index (χ4n) is 1.88. The first-order valence-electron chi connectivity index (χ1n) is 6.00. The van der Waals surface area contributed by atoms with Gasteiger partial charge in [-0.05, 0) is 12.1 Å². The summed E-state index contributed by atoms with van der Waals surface area (Å²) < 4.78 is 10.5. The molecule has 0 saturated carbocycles. The lowest BCUT2D eigenvalue weighted by Gasteiger charge is -2.26. The molecule has 0 radical (unpaired) electrons. The Morgan fingerprint density at radius 2 is 2.32 bits per heavy atom. The molecular weight excluding hydrogens is 246 g/mol. The fourth-order valence-corrected chi connectivity index (χ4v) is 1.88. The Morgan fingerprint density at radius 1 is 1.42 bits per heavy atom. The van der Waals surface area contributed by atoms with Crippen LogP contribution in [-0.4, -0.2) is 23.7 Å². The molecule has 2 heterocycles. The van der Waals surface area contributed by atoms with Gasteiger partial charge >= 0.3 is 0 Å². The average Bonchev–Trinajstić information content (AvgIpc) is 2.97. The molecule has 98 valence electrons. The largest absolute Gasteiger partial charge is 0.477 e. The van der Waals surface area contributed by atoms with Crippen molar-refractivity contribution in [1.82, 2.24) is 10.5 Å². The lowest BCUT2D eigenvalue weighted by Crippen LogP contribution is -2.44. The zero-order valence-corrected chi connectivity index (χ0v) is 10.1. The number of hydrogen-bond acceptors (Lipinski definition) is 5. The molecule has 0 spiro atoms. The van der Waals surface area contributed by atoms with Crippen LogP contribution >= 0.6 is 0 Å². The molecule has 1 amide bonds. The van der Waals surface area contributed by atoms with Crippen LogP contribution < -0.4 is 15.4 Å². The highest BCUT2D eigenvalue weighted by Crippen LogP contribution is 2.28. The van der Waals surface area contributed by atoms with E-state index in [1.165, 1.54) is 6.20 Å². The van der Waals surface area contributed by atoms with Gasteiger partial charge in [-0.1, -0.05) is 17.3 Å². The van der Waals surface area contributed by atoms with E-state index in [4.69, 9.17) is 9.26 Å². The van der Waals surface area contributed by atoms with E-state index in [9.17, 15) is 4.79 Å². The van der Waals surface area contributed by atoms with Crippen molar-refractivity contribution in [2.75, 3.05) is 11.9 Å². The molecule has 1 unspecified atom stereocenters. The molecule has 1 atom stereocenters. The summed E-state index contributed by atoms with van der Waals surface area (Å²) in [5.74, 6) is 1.12. The highest BCUT2D eigenvalue weighted by Gasteiger charge is 2.25. The number of para-hydroxylation sites is 2. The number of ether oxygens (including phenoxy) is 1. The Labute approximate surface area is 109 Å². The van der Waals surface area contributed by atoms with Crippen LogP contribution in [0.3, 0.4) is 0 Å². The third kappa shape index (κ3) is 2.52. The normalized spacial score (nSPS) is 16.9. The van der Waals surface area contributed by atoms with Crippen LogP contribution in [0.1, 0.15) is 5.76 Å². The second-order valence-corrected chi connectivity index (χ2v) is 4.18. The van der Waals surface area contributed by atoms with Crippen molar-refractivity contribution in [3.8, 4) is 5.75 Å². The van der Waals surface area contributed by atoms with Crippen LogP contribution in [0.25, 0.3) is 0 Å². The number of amides is 1. The van der Waals surface area contributed by atoms with E-state index in [2.05, 4.69) is 15.8 Å². The summed E-state index contributed by atoms with van der Waals surface area (Å²) in [6, 6.07) is 9.24. The monoisotopic (exact) mass is 259 g/mol. The summed E-state index contributed by atoms with van der Waals surface area (Å²) in [4.78, 5) is 12.0. The lowest BCUT2D eigenvalue weighted by molar-refractivity contribution is -0.127. The van der Waals surface area contributed by atoms with Crippen molar-refractivity contribution in [3.05, 3.63) is 42.3 Å². The standard InChI is InChI=1S/C13H13N3O3/c17-13(15-7-9-5-6-16-19-9)12-8-14-10-3-1-2-4-11(10)18-12/h1-6,12,14H,7-8H2,(H,15,17). The Morgan fingerprint density at radius 3 is 3.16 bits per heavy atom. The first-order chi connectivity index (χ1) is 9.33. The summed E-state index contributed by atoms with van der Waals surface area (Å²) in [6.45, 7) is 0.750. The van der Waals surface area contributed by atoms with Crippen LogP contribution in [-0.2, 0) is 11.3 Å². The molecule has 1 aliphatic rings. The molecule has 1 aromatic carbocycles. The van der Waals surface area contributed by atoms with Gasteiger partial charge in [0.2, 0.25) is 0 Å². The molecule has 2 aromatic rings. The Balaban J connectivity index is 1.60. The minimum Gasteiger partial charge on any atom is -0.477 e. The van der Waals surface area contributed by atoms with E-state index < -0.39 is 6.10 Å². The zero-order valence-electron chi connectivity index (χ0n) is 10.1. The smallest absolute Gasteiger partial charge is 0.263 e. The number of benzene rings is 1. The average molecular weight is 259 g/mol. The minimum atomic E-state index is -0.544. The van der Waals surface area contributed by atoms with Gasteiger partial charge in [0.05, 0.1) is 25.0 Å². The predicted octanol–water partition coefficient (Wildman–Crippen LogP) is 1.16. The Kier molecular flexibility index (Phi) is 3.06. The first-order valence-corrected chi connectivity index (χ1v) is 6.00. The number of rotatable bonds is 3. The quantitative estimate of drug-likeness (QED) is 0.865. The minimum absolute atomic E-state index is 0.182. The van der Waals surface area contributed by atoms with Crippen molar-refractivity contribution in [3.63, 3.8) is 0 Å². The van der Waals surface area contributed by atoms with Crippen molar-refractivity contribution in [2.24, 2.45) is 0 Å².